The van der Waals surface area contributed by atoms with Gasteiger partial charge in [0.1, 0.15) is 10.6 Å². The second kappa shape index (κ2) is 5.51. The van der Waals surface area contributed by atoms with Crippen LogP contribution in [-0.4, -0.2) is 37.2 Å². The normalized spacial score (nSPS) is 13.3. The van der Waals surface area contributed by atoms with Crippen molar-refractivity contribution in [3.05, 3.63) is 18.0 Å². The Kier molecular flexibility index (Phi) is 4.49. The van der Waals surface area contributed by atoms with Crippen LogP contribution < -0.4 is 10.5 Å². The molecule has 0 radical (unpaired) electrons. The second-order valence-corrected chi connectivity index (χ2v) is 5.78. The number of aliphatic hydroxyl groups is 1. The highest BCUT2D eigenvalue weighted by Gasteiger charge is 2.17. The molecule has 0 aliphatic rings. The van der Waals surface area contributed by atoms with Gasteiger partial charge >= 0.3 is 0 Å². The molecule has 1 amide bonds. The molecule has 0 spiro atoms. The van der Waals surface area contributed by atoms with Crippen LogP contribution in [0.5, 0.6) is 0 Å². The number of carbonyl (C=O) groups is 1. The summed E-state index contributed by atoms with van der Waals surface area (Å²) in [6.45, 7) is 2.06. The molecule has 102 valence electrons. The largest absolute Gasteiger partial charge is 0.396 e. The van der Waals surface area contributed by atoms with Crippen molar-refractivity contribution < 1.29 is 18.3 Å². The lowest BCUT2D eigenvalue weighted by atomic mass is 10.2. The molecule has 1 rings (SSSR count). The first-order valence-electron chi connectivity index (χ1n) is 5.34. The average molecular weight is 275 g/mol. The number of sulfonamides is 1. The number of aryl methyl sites for hydroxylation is 1. The number of primary sulfonamides is 1. The lowest BCUT2D eigenvalue weighted by Crippen LogP contribution is -2.30. The van der Waals surface area contributed by atoms with Crippen LogP contribution in [0.2, 0.25) is 0 Å². The minimum absolute atomic E-state index is 0.0319. The van der Waals surface area contributed by atoms with E-state index in [1.165, 1.54) is 16.8 Å². The summed E-state index contributed by atoms with van der Waals surface area (Å²) >= 11 is 0. The Hall–Kier alpha value is -1.38. The first-order chi connectivity index (χ1) is 8.25. The number of nitrogens with one attached hydrogen (secondary N) is 1. The van der Waals surface area contributed by atoms with Crippen molar-refractivity contribution in [1.82, 2.24) is 9.88 Å². The number of hydrogen-bond acceptors (Lipinski definition) is 4. The standard InChI is InChI=1S/C10H17N3O4S/c1-7(6-14)4-12-10(15)9-3-8(5-13(9)2)18(11,16)17/h3,5,7,14H,4,6H2,1-2H3,(H,12,15)(H2,11,16,17). The van der Waals surface area contributed by atoms with Crippen molar-refractivity contribution in [2.45, 2.75) is 11.8 Å². The van der Waals surface area contributed by atoms with Crippen LogP contribution in [0.4, 0.5) is 0 Å². The van der Waals surface area contributed by atoms with Gasteiger partial charge in [0.25, 0.3) is 5.91 Å². The summed E-state index contributed by atoms with van der Waals surface area (Å²) < 4.78 is 23.7. The molecule has 0 fully saturated rings. The van der Waals surface area contributed by atoms with Gasteiger partial charge < -0.3 is 15.0 Å². The van der Waals surface area contributed by atoms with E-state index >= 15 is 0 Å². The lowest BCUT2D eigenvalue weighted by molar-refractivity contribution is 0.0934. The third-order valence-corrected chi connectivity index (χ3v) is 3.34. The van der Waals surface area contributed by atoms with Gasteiger partial charge in [0.05, 0.1) is 0 Å². The molecule has 1 atom stereocenters. The molecule has 18 heavy (non-hydrogen) atoms. The summed E-state index contributed by atoms with van der Waals surface area (Å²) in [5.41, 5.74) is 0.198. The number of hydrogen-bond donors (Lipinski definition) is 3. The highest BCUT2D eigenvalue weighted by Crippen LogP contribution is 2.11. The minimum atomic E-state index is -3.81. The van der Waals surface area contributed by atoms with Gasteiger partial charge in [-0.25, -0.2) is 13.6 Å². The number of aromatic nitrogens is 1. The maximum Gasteiger partial charge on any atom is 0.267 e. The number of nitrogens with zero attached hydrogens (tertiary/aromatic N) is 1. The van der Waals surface area contributed by atoms with Crippen molar-refractivity contribution in [1.29, 1.82) is 0 Å². The molecule has 1 aromatic heterocycles. The Bertz CT molecular complexity index is 535. The summed E-state index contributed by atoms with van der Waals surface area (Å²) in [5.74, 6) is -0.473. The topological polar surface area (TPSA) is 114 Å². The van der Waals surface area contributed by atoms with Gasteiger partial charge in [-0.2, -0.15) is 0 Å². The molecular weight excluding hydrogens is 258 g/mol. The molecule has 0 saturated heterocycles. The summed E-state index contributed by atoms with van der Waals surface area (Å²) in [5, 5.41) is 16.4. The maximum absolute atomic E-state index is 11.8. The van der Waals surface area contributed by atoms with Gasteiger partial charge in [-0.1, -0.05) is 6.92 Å². The Morgan fingerprint density at radius 1 is 1.61 bits per heavy atom. The predicted octanol–water partition coefficient (Wildman–Crippen LogP) is -0.969. The third kappa shape index (κ3) is 3.56. The van der Waals surface area contributed by atoms with Crippen LogP contribution >= 0.6 is 0 Å². The zero-order valence-electron chi connectivity index (χ0n) is 10.3. The Morgan fingerprint density at radius 3 is 2.67 bits per heavy atom. The Labute approximate surface area is 106 Å². The molecule has 0 bridgehead atoms. The molecule has 7 nitrogen and oxygen atoms in total. The first kappa shape index (κ1) is 14.7. The van der Waals surface area contributed by atoms with Crippen LogP contribution in [0, 0.1) is 5.92 Å². The van der Waals surface area contributed by atoms with Gasteiger partial charge in [0, 0.05) is 26.4 Å². The van der Waals surface area contributed by atoms with E-state index < -0.39 is 15.9 Å². The quantitative estimate of drug-likeness (QED) is 0.641. The lowest BCUT2D eigenvalue weighted by Gasteiger charge is -2.09. The Balaban J connectivity index is 2.84. The first-order valence-corrected chi connectivity index (χ1v) is 6.88. The number of amides is 1. The van der Waals surface area contributed by atoms with E-state index in [2.05, 4.69) is 5.32 Å². The van der Waals surface area contributed by atoms with Crippen LogP contribution in [0.1, 0.15) is 17.4 Å². The van der Waals surface area contributed by atoms with E-state index in [4.69, 9.17) is 10.2 Å². The number of nitrogens with two attached hydrogens (primary N) is 1. The second-order valence-electron chi connectivity index (χ2n) is 4.21. The molecule has 1 unspecified atom stereocenters. The van der Waals surface area contributed by atoms with Crippen molar-refractivity contribution in [3.63, 3.8) is 0 Å². The summed E-state index contributed by atoms with van der Waals surface area (Å²) in [4.78, 5) is 11.7. The van der Waals surface area contributed by atoms with E-state index in [0.29, 0.717) is 6.54 Å². The highest BCUT2D eigenvalue weighted by atomic mass is 32.2. The van der Waals surface area contributed by atoms with Gasteiger partial charge in [-0.3, -0.25) is 4.79 Å². The van der Waals surface area contributed by atoms with E-state index in [9.17, 15) is 13.2 Å². The number of carbonyl (C=O) groups excluding carboxylic acids is 1. The molecule has 0 aromatic carbocycles. The zero-order valence-corrected chi connectivity index (χ0v) is 11.1. The number of aliphatic hydroxyl groups excluding tert-OH is 1. The monoisotopic (exact) mass is 275 g/mol. The molecule has 4 N–H and O–H groups in total. The molecule has 1 aromatic rings. The molecule has 1 heterocycles. The summed E-state index contributed by atoms with van der Waals surface area (Å²) in [6, 6.07) is 1.22. The maximum atomic E-state index is 11.8. The minimum Gasteiger partial charge on any atom is -0.396 e. The molecule has 0 aliphatic carbocycles. The van der Waals surface area contributed by atoms with Crippen LogP contribution in [-0.2, 0) is 17.1 Å². The average Bonchev–Trinajstić information content (AvgIpc) is 2.67. The van der Waals surface area contributed by atoms with Crippen molar-refractivity contribution in [2.75, 3.05) is 13.2 Å². The molecule has 0 saturated carbocycles. The van der Waals surface area contributed by atoms with Crippen molar-refractivity contribution in [2.24, 2.45) is 18.1 Å². The van der Waals surface area contributed by atoms with Crippen LogP contribution in [0.3, 0.4) is 0 Å². The van der Waals surface area contributed by atoms with Gasteiger partial charge in [0.2, 0.25) is 10.0 Å². The van der Waals surface area contributed by atoms with E-state index in [0.717, 1.165) is 0 Å². The summed E-state index contributed by atoms with van der Waals surface area (Å²) in [6.07, 6.45) is 1.28. The third-order valence-electron chi connectivity index (χ3n) is 2.46. The van der Waals surface area contributed by atoms with Crippen LogP contribution in [0.25, 0.3) is 0 Å². The molecule has 8 heteroatoms. The van der Waals surface area contributed by atoms with Crippen molar-refractivity contribution >= 4 is 15.9 Å². The Morgan fingerprint density at radius 2 is 2.22 bits per heavy atom. The van der Waals surface area contributed by atoms with Crippen molar-refractivity contribution in [3.8, 4) is 0 Å². The fourth-order valence-electron chi connectivity index (χ4n) is 1.34. The fraction of sp³-hybridized carbons (Fsp3) is 0.500. The zero-order chi connectivity index (χ0) is 13.9. The smallest absolute Gasteiger partial charge is 0.267 e. The predicted molar refractivity (Wildman–Crippen MR) is 65.4 cm³/mol. The van der Waals surface area contributed by atoms with E-state index in [1.54, 1.807) is 14.0 Å². The number of rotatable bonds is 5. The van der Waals surface area contributed by atoms with Gasteiger partial charge in [0.15, 0.2) is 0 Å². The summed E-state index contributed by atoms with van der Waals surface area (Å²) in [7, 11) is -2.26. The molecule has 0 aliphatic heterocycles. The van der Waals surface area contributed by atoms with Gasteiger partial charge in [-0.15, -0.1) is 0 Å². The van der Waals surface area contributed by atoms with E-state index in [-0.39, 0.29) is 23.1 Å². The highest BCUT2D eigenvalue weighted by molar-refractivity contribution is 7.89. The van der Waals surface area contributed by atoms with E-state index in [1.807, 2.05) is 0 Å². The van der Waals surface area contributed by atoms with Gasteiger partial charge in [-0.05, 0) is 12.0 Å². The SMILES string of the molecule is CC(CO)CNC(=O)c1cc(S(N)(=O)=O)cn1C. The fourth-order valence-corrected chi connectivity index (χ4v) is 1.92. The molecular formula is C10H17N3O4S. The van der Waals surface area contributed by atoms with Crippen LogP contribution in [0.15, 0.2) is 17.2 Å².